The van der Waals surface area contributed by atoms with Crippen LogP contribution >= 0.6 is 15.9 Å². The van der Waals surface area contributed by atoms with Gasteiger partial charge in [-0.1, -0.05) is 28.1 Å². The lowest BCUT2D eigenvalue weighted by Crippen LogP contribution is -2.12. The summed E-state index contributed by atoms with van der Waals surface area (Å²) in [6, 6.07) is 5.67. The highest BCUT2D eigenvalue weighted by Gasteiger charge is 2.17. The summed E-state index contributed by atoms with van der Waals surface area (Å²) < 4.78 is 7.32. The standard InChI is InChI=1S/C9H8BrNO/c10-4-6-1-2-8-7(3-6)5-11-9(8)12/h1-3H,4-5H2,(H,11,12)/i/hD. The molecule has 0 spiro atoms. The van der Waals surface area contributed by atoms with Gasteiger partial charge in [-0.05, 0) is 17.2 Å². The third-order valence-corrected chi connectivity index (χ3v) is 2.59. The van der Waals surface area contributed by atoms with Crippen LogP contribution in [0.1, 0.15) is 21.5 Å². The van der Waals surface area contributed by atoms with Crippen molar-refractivity contribution in [3.8, 4) is 0 Å². The summed E-state index contributed by atoms with van der Waals surface area (Å²) in [5, 5.41) is 1.77. The van der Waals surface area contributed by atoms with Gasteiger partial charge in [0.25, 0.3) is 5.91 Å². The van der Waals surface area contributed by atoms with Crippen LogP contribution in [-0.4, -0.2) is 5.91 Å². The predicted molar refractivity (Wildman–Crippen MR) is 50.2 cm³/mol. The van der Waals surface area contributed by atoms with Crippen molar-refractivity contribution in [3.05, 3.63) is 34.9 Å². The van der Waals surface area contributed by atoms with Crippen LogP contribution < -0.4 is 5.31 Å². The van der Waals surface area contributed by atoms with Gasteiger partial charge in [-0.3, -0.25) is 4.79 Å². The van der Waals surface area contributed by atoms with Gasteiger partial charge in [-0.2, -0.15) is 0 Å². The molecule has 0 unspecified atom stereocenters. The molecule has 12 heavy (non-hydrogen) atoms. The van der Waals surface area contributed by atoms with Crippen molar-refractivity contribution in [1.29, 1.82) is 0 Å². The molecule has 1 N–H and O–H groups in total. The molecule has 2 nitrogen and oxygen atoms in total. The Kier molecular flexibility index (Phi) is 1.61. The molecule has 0 fully saturated rings. The fraction of sp³-hybridized carbons (Fsp3) is 0.222. The lowest BCUT2D eigenvalue weighted by atomic mass is 10.1. The van der Waals surface area contributed by atoms with Gasteiger partial charge in [0.15, 0.2) is 1.41 Å². The zero-order valence-electron chi connectivity index (χ0n) is 7.38. The second-order valence-corrected chi connectivity index (χ2v) is 3.31. The Bertz CT molecular complexity index is 367. The number of carbonyl (C=O) groups excluding carboxylic acids is 1. The van der Waals surface area contributed by atoms with E-state index in [1.54, 1.807) is 6.07 Å². The van der Waals surface area contributed by atoms with E-state index in [9.17, 15) is 4.79 Å². The van der Waals surface area contributed by atoms with Gasteiger partial charge >= 0.3 is 0 Å². The van der Waals surface area contributed by atoms with Crippen molar-refractivity contribution >= 4 is 21.8 Å². The molecule has 0 saturated carbocycles. The van der Waals surface area contributed by atoms with Crippen molar-refractivity contribution < 1.29 is 6.21 Å². The minimum atomic E-state index is -0.198. The van der Waals surface area contributed by atoms with E-state index in [4.69, 9.17) is 1.41 Å². The Hall–Kier alpha value is -0.830. The Morgan fingerprint density at radius 2 is 2.50 bits per heavy atom. The highest BCUT2D eigenvalue weighted by atomic mass is 79.9. The smallest absolute Gasteiger partial charge is 0.251 e. The quantitative estimate of drug-likeness (QED) is 0.728. The van der Waals surface area contributed by atoms with Crippen molar-refractivity contribution in [2.45, 2.75) is 11.9 Å². The molecule has 0 saturated heterocycles. The number of alkyl halides is 1. The highest BCUT2D eigenvalue weighted by Crippen LogP contribution is 2.18. The van der Waals surface area contributed by atoms with Crippen LogP contribution in [0.15, 0.2) is 18.2 Å². The van der Waals surface area contributed by atoms with E-state index < -0.39 is 0 Å². The number of hydrogen-bond donors (Lipinski definition) is 1. The fourth-order valence-electron chi connectivity index (χ4n) is 1.31. The van der Waals surface area contributed by atoms with Crippen LogP contribution in [0.5, 0.6) is 0 Å². The molecule has 1 aromatic carbocycles. The second-order valence-electron chi connectivity index (χ2n) is 2.75. The summed E-state index contributed by atoms with van der Waals surface area (Å²) in [5.41, 5.74) is 2.76. The monoisotopic (exact) mass is 226 g/mol. The lowest BCUT2D eigenvalue weighted by Gasteiger charge is -1.98. The Morgan fingerprint density at radius 3 is 3.25 bits per heavy atom. The van der Waals surface area contributed by atoms with Gasteiger partial charge in [0.1, 0.15) is 0 Å². The fourth-order valence-corrected chi connectivity index (χ4v) is 1.66. The number of carbonyl (C=O) groups is 1. The summed E-state index contributed by atoms with van der Waals surface area (Å²) in [6.45, 7) is 0.412. The zero-order valence-corrected chi connectivity index (χ0v) is 7.97. The topological polar surface area (TPSA) is 29.1 Å². The van der Waals surface area contributed by atoms with E-state index in [1.807, 2.05) is 12.1 Å². The maximum absolute atomic E-state index is 11.3. The molecule has 62 valence electrons. The number of hydrogen-bond acceptors (Lipinski definition) is 1. The van der Waals surface area contributed by atoms with E-state index in [2.05, 4.69) is 15.9 Å². The average molecular weight is 227 g/mol. The number of fused-ring (bicyclic) bond motifs is 1. The summed E-state index contributed by atoms with van der Waals surface area (Å²) >= 11 is 3.35. The number of rotatable bonds is 1. The van der Waals surface area contributed by atoms with Crippen LogP contribution in [-0.2, 0) is 11.9 Å². The highest BCUT2D eigenvalue weighted by molar-refractivity contribution is 9.08. The molecule has 1 amide bonds. The molecule has 3 heteroatoms. The lowest BCUT2D eigenvalue weighted by molar-refractivity contribution is 0.0966. The summed E-state index contributed by atoms with van der Waals surface area (Å²) in [6.07, 6.45) is 0. The summed E-state index contributed by atoms with van der Waals surface area (Å²) in [5.74, 6) is -0.198. The first-order chi connectivity index (χ1) is 6.22. The van der Waals surface area contributed by atoms with Gasteiger partial charge in [-0.15, -0.1) is 0 Å². The third kappa shape index (κ3) is 1.14. The number of benzene rings is 1. The Labute approximate surface area is 80.6 Å². The van der Waals surface area contributed by atoms with Gasteiger partial charge in [0.05, 0.1) is 0 Å². The van der Waals surface area contributed by atoms with Gasteiger partial charge in [0.2, 0.25) is 0 Å². The maximum Gasteiger partial charge on any atom is 0.251 e. The van der Waals surface area contributed by atoms with Crippen LogP contribution in [0.4, 0.5) is 0 Å². The molecular formula is C9H8BrNO. The minimum absolute atomic E-state index is 0.198. The van der Waals surface area contributed by atoms with E-state index >= 15 is 0 Å². The molecule has 1 aliphatic rings. The average Bonchev–Trinajstić information content (AvgIpc) is 2.42. The van der Waals surface area contributed by atoms with E-state index in [0.717, 1.165) is 21.8 Å². The molecule has 0 radical (unpaired) electrons. The molecule has 0 aromatic heterocycles. The SMILES string of the molecule is [2H]N1Cc2cc(CBr)ccc2C1=O. The number of nitrogens with one attached hydrogen (secondary N) is 1. The molecule has 0 aliphatic carbocycles. The number of halogens is 1. The second kappa shape index (κ2) is 2.90. The van der Waals surface area contributed by atoms with Crippen LogP contribution in [0.3, 0.4) is 0 Å². The predicted octanol–water partition coefficient (Wildman–Crippen LogP) is 1.82. The minimum Gasteiger partial charge on any atom is -0.348 e. The molecule has 2 rings (SSSR count). The third-order valence-electron chi connectivity index (χ3n) is 1.95. The molecule has 1 heterocycles. The first kappa shape index (κ1) is 6.66. The first-order valence-electron chi connectivity index (χ1n) is 4.15. The molecule has 1 aliphatic heterocycles. The van der Waals surface area contributed by atoms with Gasteiger partial charge in [-0.25, -0.2) is 0 Å². The van der Waals surface area contributed by atoms with Crippen molar-refractivity contribution in [2.75, 3.05) is 0 Å². The van der Waals surface area contributed by atoms with Gasteiger partial charge in [0, 0.05) is 17.4 Å². The first-order valence-corrected chi connectivity index (χ1v) is 4.83. The summed E-state index contributed by atoms with van der Waals surface area (Å²) in [7, 11) is 0. The van der Waals surface area contributed by atoms with Crippen LogP contribution in [0, 0.1) is 0 Å². The normalized spacial score (nSPS) is 16.2. The van der Waals surface area contributed by atoms with E-state index in [0.29, 0.717) is 12.1 Å². The zero-order chi connectivity index (χ0) is 9.42. The largest absolute Gasteiger partial charge is 0.348 e. The maximum atomic E-state index is 11.3. The van der Waals surface area contributed by atoms with Crippen molar-refractivity contribution in [1.82, 2.24) is 5.31 Å². The van der Waals surface area contributed by atoms with Crippen molar-refractivity contribution in [2.24, 2.45) is 0 Å². The Morgan fingerprint density at radius 1 is 1.67 bits per heavy atom. The molecule has 0 bridgehead atoms. The molecule has 0 atom stereocenters. The van der Waals surface area contributed by atoms with E-state index in [1.165, 1.54) is 0 Å². The number of amides is 1. The Balaban J connectivity index is 2.46. The van der Waals surface area contributed by atoms with Crippen molar-refractivity contribution in [3.63, 3.8) is 0 Å². The van der Waals surface area contributed by atoms with Gasteiger partial charge < -0.3 is 5.31 Å². The molecule has 1 aromatic rings. The molecular weight excluding hydrogens is 218 g/mol. The summed E-state index contributed by atoms with van der Waals surface area (Å²) in [4.78, 5) is 11.3. The van der Waals surface area contributed by atoms with Crippen LogP contribution in [0.25, 0.3) is 0 Å². The van der Waals surface area contributed by atoms with E-state index in [-0.39, 0.29) is 5.91 Å². The van der Waals surface area contributed by atoms with Crippen LogP contribution in [0.2, 0.25) is 1.41 Å².